The fourth-order valence-corrected chi connectivity index (χ4v) is 6.42. The Morgan fingerprint density at radius 2 is 1.96 bits per heavy atom. The number of carbonyl (C=O) groups is 1. The zero-order valence-corrected chi connectivity index (χ0v) is 27.2. The van der Waals surface area contributed by atoms with Crippen LogP contribution in [0.5, 0.6) is 11.9 Å². The maximum absolute atomic E-state index is 17.0. The molecule has 6 heterocycles. The first-order valence-electron chi connectivity index (χ1n) is 15.4. The Morgan fingerprint density at radius 3 is 2.62 bits per heavy atom. The third-order valence-corrected chi connectivity index (χ3v) is 8.98. The van der Waals surface area contributed by atoms with Gasteiger partial charge in [-0.25, -0.2) is 18.7 Å². The van der Waals surface area contributed by atoms with Gasteiger partial charge in [0.05, 0.1) is 35.6 Å². The summed E-state index contributed by atoms with van der Waals surface area (Å²) in [7, 11) is 1.94. The quantitative estimate of drug-likeness (QED) is 0.155. The Morgan fingerprint density at radius 1 is 1.22 bits per heavy atom. The van der Waals surface area contributed by atoms with Gasteiger partial charge in [0.1, 0.15) is 47.3 Å². The molecule has 0 aliphatic carbocycles. The maximum atomic E-state index is 17.0. The molecule has 1 saturated heterocycles. The molecule has 2 aliphatic heterocycles. The van der Waals surface area contributed by atoms with E-state index in [0.717, 1.165) is 19.2 Å². The van der Waals surface area contributed by atoms with Gasteiger partial charge < -0.3 is 25.2 Å². The van der Waals surface area contributed by atoms with Crippen molar-refractivity contribution in [2.24, 2.45) is 0 Å². The number of H-pyrrole nitrogens is 1. The lowest BCUT2D eigenvalue weighted by Crippen LogP contribution is -2.48. The van der Waals surface area contributed by atoms with Crippen molar-refractivity contribution in [2.45, 2.75) is 51.5 Å². The molecule has 3 atom stereocenters. The highest BCUT2D eigenvalue weighted by Gasteiger charge is 2.40. The molecule has 2 aliphatic rings. The summed E-state index contributed by atoms with van der Waals surface area (Å²) in [5.74, 6) is -1.70. The van der Waals surface area contributed by atoms with Crippen molar-refractivity contribution in [2.75, 3.05) is 37.4 Å². The molecule has 0 bridgehead atoms. The number of hydrogen-bond donors (Lipinski definition) is 3. The molecular formula is C32H32F5N9O4. The number of aromatic amines is 1. The number of fused-ring (bicyclic) bond motifs is 1. The number of rotatable bonds is 6. The number of likely N-dealkylation sites (N-methyl/N-ethyl adjacent to an activating group) is 1. The van der Waals surface area contributed by atoms with Gasteiger partial charge in [-0.05, 0) is 58.5 Å². The molecule has 0 radical (unpaired) electrons. The second-order valence-electron chi connectivity index (χ2n) is 12.1. The molecule has 0 spiro atoms. The Labute approximate surface area is 281 Å². The van der Waals surface area contributed by atoms with Gasteiger partial charge in [0, 0.05) is 22.6 Å². The number of anilines is 2. The molecule has 0 unspecified atom stereocenters. The van der Waals surface area contributed by atoms with E-state index >= 15 is 4.39 Å². The van der Waals surface area contributed by atoms with E-state index in [0.29, 0.717) is 5.56 Å². The van der Waals surface area contributed by atoms with Gasteiger partial charge in [0.15, 0.2) is 5.82 Å². The number of carboxylic acid groups (broad SMARTS) is 1. The van der Waals surface area contributed by atoms with E-state index in [2.05, 4.69) is 35.0 Å². The standard InChI is InChI=1S/C31H30F5N9O2.CH2O2/c1-13-7-20-19(10-39-43-20)21(23(13)31(34,35)36)25-24(33)26-22-28(42-30(41-26)47-12-17-5-6-44(17)4)45(14(2)11-46-29(22)40-25)15(3)18-8-16(32)9-38-27(18)37;2-1-3/h7-10,14-15,17H,5-6,11-12H2,1-4H3,(H2,37,38)(H,39,43);1H,(H,2,3)/t14-,15+,17-;/m0./s1. The van der Waals surface area contributed by atoms with E-state index in [9.17, 15) is 17.6 Å². The molecule has 1 aromatic carbocycles. The van der Waals surface area contributed by atoms with Gasteiger partial charge in [0.2, 0.25) is 5.88 Å². The summed E-state index contributed by atoms with van der Waals surface area (Å²) in [5.41, 5.74) is 4.09. The zero-order chi connectivity index (χ0) is 36.1. The summed E-state index contributed by atoms with van der Waals surface area (Å²) in [4.78, 5) is 29.6. The smallest absolute Gasteiger partial charge is 0.417 e. The van der Waals surface area contributed by atoms with E-state index in [4.69, 9.17) is 25.1 Å². The van der Waals surface area contributed by atoms with Gasteiger partial charge in [0.25, 0.3) is 6.47 Å². The average Bonchev–Trinajstić information content (AvgIpc) is 3.47. The SMILES string of the molecule is Cc1cc2[nH]ncc2c(-c2nc3c4c(nc(OC[C@@H]5CCN5C)nc4c2F)N([C@H](C)c2cc(F)cnc2N)[C@@H](C)CO3)c1C(F)(F)F.O=CO. The molecule has 0 saturated carbocycles. The van der Waals surface area contributed by atoms with Gasteiger partial charge in [-0.15, -0.1) is 0 Å². The molecule has 50 heavy (non-hydrogen) atoms. The van der Waals surface area contributed by atoms with Crippen LogP contribution in [0.4, 0.5) is 33.6 Å². The fourth-order valence-electron chi connectivity index (χ4n) is 6.42. The van der Waals surface area contributed by atoms with Gasteiger partial charge in [-0.2, -0.15) is 28.2 Å². The van der Waals surface area contributed by atoms with Gasteiger partial charge in [-0.3, -0.25) is 14.8 Å². The van der Waals surface area contributed by atoms with Crippen LogP contribution in [-0.4, -0.2) is 85.5 Å². The number of pyridine rings is 2. The topological polar surface area (TPSA) is 168 Å². The Bertz CT molecular complexity index is 2090. The summed E-state index contributed by atoms with van der Waals surface area (Å²) < 4.78 is 87.2. The lowest BCUT2D eigenvalue weighted by molar-refractivity contribution is -0.137. The number of benzene rings is 1. The molecular weight excluding hydrogens is 669 g/mol. The van der Waals surface area contributed by atoms with Crippen LogP contribution in [0.1, 0.15) is 43.0 Å². The normalized spacial score (nSPS) is 18.1. The van der Waals surface area contributed by atoms with Crippen LogP contribution >= 0.6 is 0 Å². The van der Waals surface area contributed by atoms with Crippen molar-refractivity contribution >= 4 is 39.9 Å². The first-order chi connectivity index (χ1) is 23.7. The van der Waals surface area contributed by atoms with Crippen LogP contribution in [0.3, 0.4) is 0 Å². The van der Waals surface area contributed by atoms with Gasteiger partial charge >= 0.3 is 12.2 Å². The highest BCUT2D eigenvalue weighted by Crippen LogP contribution is 2.47. The summed E-state index contributed by atoms with van der Waals surface area (Å²) in [6.07, 6.45) is -1.79. The second kappa shape index (κ2) is 13.1. The molecule has 264 valence electrons. The zero-order valence-electron chi connectivity index (χ0n) is 27.2. The molecule has 18 heteroatoms. The number of ether oxygens (including phenoxy) is 2. The Kier molecular flexibility index (Phi) is 9.06. The number of hydrogen-bond acceptors (Lipinski definition) is 11. The minimum Gasteiger partial charge on any atom is -0.483 e. The first kappa shape index (κ1) is 34.5. The van der Waals surface area contributed by atoms with Crippen molar-refractivity contribution in [1.82, 2.24) is 35.0 Å². The summed E-state index contributed by atoms with van der Waals surface area (Å²) >= 11 is 0. The average molecular weight is 702 g/mol. The lowest BCUT2D eigenvalue weighted by atomic mass is 9.94. The first-order valence-corrected chi connectivity index (χ1v) is 15.4. The van der Waals surface area contributed by atoms with Crippen LogP contribution in [0.15, 0.2) is 24.5 Å². The van der Waals surface area contributed by atoms with E-state index < -0.39 is 46.7 Å². The number of aryl methyl sites for hydroxylation is 1. The summed E-state index contributed by atoms with van der Waals surface area (Å²) in [6, 6.07) is 1.27. The number of alkyl halides is 3. The largest absolute Gasteiger partial charge is 0.483 e. The van der Waals surface area contributed by atoms with Crippen molar-refractivity contribution in [1.29, 1.82) is 0 Å². The fraction of sp³-hybridized carbons (Fsp3) is 0.375. The number of nitrogen functional groups attached to an aromatic ring is 1. The van der Waals surface area contributed by atoms with Crippen molar-refractivity contribution < 1.29 is 41.3 Å². The van der Waals surface area contributed by atoms with Crippen LogP contribution in [0.2, 0.25) is 0 Å². The van der Waals surface area contributed by atoms with Gasteiger partial charge in [-0.1, -0.05) is 0 Å². The maximum Gasteiger partial charge on any atom is 0.417 e. The molecule has 4 N–H and O–H groups in total. The summed E-state index contributed by atoms with van der Waals surface area (Å²) in [5, 5.41) is 13.5. The number of nitrogens with zero attached hydrogens (tertiary/aromatic N) is 7. The monoisotopic (exact) mass is 701 g/mol. The van der Waals surface area contributed by atoms with E-state index in [1.807, 2.05) is 7.05 Å². The number of nitrogens with one attached hydrogen (secondary N) is 1. The third-order valence-electron chi connectivity index (χ3n) is 8.98. The lowest BCUT2D eigenvalue weighted by Gasteiger charge is -2.37. The molecule has 5 aromatic rings. The molecule has 4 aromatic heterocycles. The third kappa shape index (κ3) is 6.03. The number of aromatic nitrogens is 6. The van der Waals surface area contributed by atoms with Crippen molar-refractivity contribution in [3.05, 3.63) is 52.9 Å². The number of likely N-dealkylation sites (tertiary alicyclic amines) is 1. The highest BCUT2D eigenvalue weighted by atomic mass is 19.4. The van der Waals surface area contributed by atoms with Crippen LogP contribution < -0.4 is 20.1 Å². The number of halogens is 5. The molecule has 13 nitrogen and oxygen atoms in total. The van der Waals surface area contributed by atoms with Crippen molar-refractivity contribution in [3.63, 3.8) is 0 Å². The van der Waals surface area contributed by atoms with E-state index in [-0.39, 0.29) is 76.6 Å². The highest BCUT2D eigenvalue weighted by molar-refractivity contribution is 6.02. The van der Waals surface area contributed by atoms with E-state index in [1.165, 1.54) is 25.3 Å². The molecule has 0 amide bonds. The molecule has 7 rings (SSSR count). The Balaban J connectivity index is 0.00000139. The minimum absolute atomic E-state index is 0.0168. The summed E-state index contributed by atoms with van der Waals surface area (Å²) in [6.45, 7) is 5.63. The minimum atomic E-state index is -4.86. The predicted octanol–water partition coefficient (Wildman–Crippen LogP) is 5.28. The molecule has 1 fully saturated rings. The van der Waals surface area contributed by atoms with Crippen LogP contribution in [0.25, 0.3) is 33.1 Å². The number of nitrogens with two attached hydrogens (primary N) is 1. The Hall–Kier alpha value is -5.39. The van der Waals surface area contributed by atoms with Crippen LogP contribution in [-0.2, 0) is 11.0 Å². The van der Waals surface area contributed by atoms with Crippen molar-refractivity contribution in [3.8, 4) is 23.1 Å². The predicted molar refractivity (Wildman–Crippen MR) is 172 cm³/mol. The second-order valence-corrected chi connectivity index (χ2v) is 12.1. The van der Waals surface area contributed by atoms with E-state index in [1.54, 1.807) is 18.7 Å². The van der Waals surface area contributed by atoms with Crippen LogP contribution in [0, 0.1) is 18.6 Å².